The van der Waals surface area contributed by atoms with Crippen molar-refractivity contribution < 1.29 is 4.39 Å². The average molecular weight is 244 g/mol. The number of hydrogen-bond acceptors (Lipinski definition) is 2. The zero-order valence-electron chi connectivity index (χ0n) is 10.9. The van der Waals surface area contributed by atoms with Gasteiger partial charge in [-0.05, 0) is 16.5 Å². The lowest BCUT2D eigenvalue weighted by Gasteiger charge is -2.19. The molecule has 2 aromatic rings. The van der Waals surface area contributed by atoms with E-state index >= 15 is 0 Å². The van der Waals surface area contributed by atoms with Gasteiger partial charge in [0.25, 0.3) is 0 Å². The van der Waals surface area contributed by atoms with E-state index in [1.165, 1.54) is 18.0 Å². The van der Waals surface area contributed by atoms with E-state index in [-0.39, 0.29) is 5.41 Å². The lowest BCUT2D eigenvalue weighted by atomic mass is 9.86. The molecule has 0 bridgehead atoms. The van der Waals surface area contributed by atoms with Gasteiger partial charge in [-0.15, -0.1) is 0 Å². The first-order valence-corrected chi connectivity index (χ1v) is 6.01. The lowest BCUT2D eigenvalue weighted by Crippen LogP contribution is -2.10. The first-order chi connectivity index (χ1) is 8.45. The van der Waals surface area contributed by atoms with Gasteiger partial charge >= 0.3 is 0 Å². The van der Waals surface area contributed by atoms with Crippen molar-refractivity contribution >= 4 is 0 Å². The van der Waals surface area contributed by atoms with Gasteiger partial charge in [-0.25, -0.2) is 14.4 Å². The standard InChI is InChI=1S/C15H17FN2/c1-15(2,3)12-6-4-11(5-7-12)8-14-17-9-13(16)10-18-14/h4-7,9-10H,8H2,1-3H3. The van der Waals surface area contributed by atoms with Crippen molar-refractivity contribution in [2.75, 3.05) is 0 Å². The summed E-state index contributed by atoms with van der Waals surface area (Å²) < 4.78 is 12.7. The van der Waals surface area contributed by atoms with E-state index in [1.807, 2.05) is 0 Å². The fourth-order valence-electron chi connectivity index (χ4n) is 1.74. The van der Waals surface area contributed by atoms with Crippen molar-refractivity contribution in [3.63, 3.8) is 0 Å². The smallest absolute Gasteiger partial charge is 0.159 e. The van der Waals surface area contributed by atoms with Gasteiger partial charge in [0.05, 0.1) is 12.4 Å². The Bertz CT molecular complexity index is 510. The van der Waals surface area contributed by atoms with Crippen molar-refractivity contribution in [1.29, 1.82) is 0 Å². The highest BCUT2D eigenvalue weighted by molar-refractivity contribution is 5.28. The summed E-state index contributed by atoms with van der Waals surface area (Å²) in [6, 6.07) is 8.40. The van der Waals surface area contributed by atoms with Crippen LogP contribution >= 0.6 is 0 Å². The molecule has 0 aliphatic heterocycles. The summed E-state index contributed by atoms with van der Waals surface area (Å²) in [4.78, 5) is 7.92. The van der Waals surface area contributed by atoms with Gasteiger partial charge in [-0.3, -0.25) is 0 Å². The topological polar surface area (TPSA) is 25.8 Å². The maximum Gasteiger partial charge on any atom is 0.159 e. The van der Waals surface area contributed by atoms with Crippen LogP contribution in [0.2, 0.25) is 0 Å². The Hall–Kier alpha value is -1.77. The van der Waals surface area contributed by atoms with E-state index in [0.717, 1.165) is 5.56 Å². The summed E-state index contributed by atoms with van der Waals surface area (Å²) in [7, 11) is 0. The second kappa shape index (κ2) is 4.84. The van der Waals surface area contributed by atoms with Crippen molar-refractivity contribution in [2.24, 2.45) is 0 Å². The molecule has 18 heavy (non-hydrogen) atoms. The maximum absolute atomic E-state index is 12.7. The molecule has 0 N–H and O–H groups in total. The largest absolute Gasteiger partial charge is 0.238 e. The molecule has 2 rings (SSSR count). The van der Waals surface area contributed by atoms with E-state index in [1.54, 1.807) is 0 Å². The highest BCUT2D eigenvalue weighted by Gasteiger charge is 2.12. The Balaban J connectivity index is 2.13. The third kappa shape index (κ3) is 3.13. The third-order valence-corrected chi connectivity index (χ3v) is 2.86. The van der Waals surface area contributed by atoms with Crippen LogP contribution in [-0.4, -0.2) is 9.97 Å². The number of halogens is 1. The van der Waals surface area contributed by atoms with Crippen molar-refractivity contribution in [3.8, 4) is 0 Å². The average Bonchev–Trinajstić information content (AvgIpc) is 2.32. The first-order valence-electron chi connectivity index (χ1n) is 6.01. The summed E-state index contributed by atoms with van der Waals surface area (Å²) in [6.07, 6.45) is 3.03. The summed E-state index contributed by atoms with van der Waals surface area (Å²) in [6.45, 7) is 6.56. The molecule has 0 spiro atoms. The van der Waals surface area contributed by atoms with Crippen LogP contribution in [-0.2, 0) is 11.8 Å². The summed E-state index contributed by atoms with van der Waals surface area (Å²) >= 11 is 0. The van der Waals surface area contributed by atoms with Gasteiger partial charge in [0.2, 0.25) is 0 Å². The zero-order valence-corrected chi connectivity index (χ0v) is 10.9. The second-order valence-electron chi connectivity index (χ2n) is 5.44. The van der Waals surface area contributed by atoms with Gasteiger partial charge < -0.3 is 0 Å². The molecular formula is C15H17FN2. The molecule has 0 saturated carbocycles. The van der Waals surface area contributed by atoms with Crippen LogP contribution in [0, 0.1) is 5.82 Å². The summed E-state index contributed by atoms with van der Waals surface area (Å²) in [5.74, 6) is 0.238. The molecule has 2 nitrogen and oxygen atoms in total. The minimum absolute atomic E-state index is 0.158. The number of aromatic nitrogens is 2. The predicted molar refractivity (Wildman–Crippen MR) is 69.9 cm³/mol. The molecule has 0 aliphatic carbocycles. The monoisotopic (exact) mass is 244 g/mol. The predicted octanol–water partition coefficient (Wildman–Crippen LogP) is 3.50. The molecule has 0 radical (unpaired) electrons. The minimum Gasteiger partial charge on any atom is -0.238 e. The highest BCUT2D eigenvalue weighted by atomic mass is 19.1. The van der Waals surface area contributed by atoms with Gasteiger partial charge in [0.15, 0.2) is 5.82 Å². The number of rotatable bonds is 2. The molecule has 94 valence electrons. The molecule has 1 heterocycles. The Kier molecular flexibility index (Phi) is 3.41. The van der Waals surface area contributed by atoms with E-state index in [4.69, 9.17) is 0 Å². The van der Waals surface area contributed by atoms with Crippen LogP contribution in [0.25, 0.3) is 0 Å². The molecule has 0 aliphatic rings. The van der Waals surface area contributed by atoms with Crippen LogP contribution in [0.15, 0.2) is 36.7 Å². The number of benzene rings is 1. The van der Waals surface area contributed by atoms with Gasteiger partial charge in [-0.1, -0.05) is 45.0 Å². The Labute approximate surface area is 107 Å². The summed E-state index contributed by atoms with van der Waals surface area (Å²) in [5, 5.41) is 0. The van der Waals surface area contributed by atoms with Crippen molar-refractivity contribution in [3.05, 3.63) is 59.4 Å². The summed E-state index contributed by atoms with van der Waals surface area (Å²) in [5.41, 5.74) is 2.59. The highest BCUT2D eigenvalue weighted by Crippen LogP contribution is 2.22. The first kappa shape index (κ1) is 12.7. The Morgan fingerprint density at radius 3 is 2.06 bits per heavy atom. The van der Waals surface area contributed by atoms with Gasteiger partial charge in [0.1, 0.15) is 5.82 Å². The number of nitrogens with zero attached hydrogens (tertiary/aromatic N) is 2. The van der Waals surface area contributed by atoms with E-state index in [0.29, 0.717) is 12.2 Å². The van der Waals surface area contributed by atoms with Crippen LogP contribution in [0.5, 0.6) is 0 Å². The number of hydrogen-bond donors (Lipinski definition) is 0. The molecule has 0 unspecified atom stereocenters. The Morgan fingerprint density at radius 2 is 1.56 bits per heavy atom. The normalized spacial score (nSPS) is 11.6. The van der Waals surface area contributed by atoms with Crippen molar-refractivity contribution in [1.82, 2.24) is 9.97 Å². The molecule has 0 fully saturated rings. The molecule has 0 saturated heterocycles. The zero-order chi connectivity index (χ0) is 13.2. The quantitative estimate of drug-likeness (QED) is 0.808. The van der Waals surface area contributed by atoms with Gasteiger partial charge in [0, 0.05) is 6.42 Å². The third-order valence-electron chi connectivity index (χ3n) is 2.86. The van der Waals surface area contributed by atoms with E-state index in [9.17, 15) is 4.39 Å². The fourth-order valence-corrected chi connectivity index (χ4v) is 1.74. The molecule has 0 amide bonds. The van der Waals surface area contributed by atoms with Crippen LogP contribution in [0.3, 0.4) is 0 Å². The molecule has 1 aromatic heterocycles. The van der Waals surface area contributed by atoms with Crippen LogP contribution in [0.4, 0.5) is 4.39 Å². The van der Waals surface area contributed by atoms with Gasteiger partial charge in [-0.2, -0.15) is 0 Å². The van der Waals surface area contributed by atoms with Crippen LogP contribution < -0.4 is 0 Å². The van der Waals surface area contributed by atoms with Crippen molar-refractivity contribution in [2.45, 2.75) is 32.6 Å². The van der Waals surface area contributed by atoms with E-state index < -0.39 is 5.82 Å². The fraction of sp³-hybridized carbons (Fsp3) is 0.333. The van der Waals surface area contributed by atoms with E-state index in [2.05, 4.69) is 55.0 Å². The second-order valence-corrected chi connectivity index (χ2v) is 5.44. The maximum atomic E-state index is 12.7. The minimum atomic E-state index is -0.401. The molecule has 1 aromatic carbocycles. The molecular weight excluding hydrogens is 227 g/mol. The van der Waals surface area contributed by atoms with Crippen LogP contribution in [0.1, 0.15) is 37.7 Å². The molecule has 0 atom stereocenters. The Morgan fingerprint density at radius 1 is 1.00 bits per heavy atom. The lowest BCUT2D eigenvalue weighted by molar-refractivity contribution is 0.590. The SMILES string of the molecule is CC(C)(C)c1ccc(Cc2ncc(F)cn2)cc1. The molecule has 3 heteroatoms.